The molecule has 5 heteroatoms. The summed E-state index contributed by atoms with van der Waals surface area (Å²) in [4.78, 5) is 9.43. The van der Waals surface area contributed by atoms with Gasteiger partial charge in [-0.3, -0.25) is 0 Å². The van der Waals surface area contributed by atoms with Crippen molar-refractivity contribution in [1.29, 1.82) is 0 Å². The van der Waals surface area contributed by atoms with Crippen LogP contribution < -0.4 is 10.6 Å². The van der Waals surface area contributed by atoms with Crippen LogP contribution >= 0.6 is 11.6 Å². The van der Waals surface area contributed by atoms with Crippen LogP contribution in [0.1, 0.15) is 31.2 Å². The van der Waals surface area contributed by atoms with Gasteiger partial charge in [0.25, 0.3) is 0 Å². The van der Waals surface area contributed by atoms with E-state index in [1.807, 2.05) is 43.3 Å². The zero-order chi connectivity index (χ0) is 17.2. The molecule has 128 valence electrons. The van der Waals surface area contributed by atoms with Crippen molar-refractivity contribution >= 4 is 40.0 Å². The van der Waals surface area contributed by atoms with Gasteiger partial charge in [-0.2, -0.15) is 4.98 Å². The Labute approximate surface area is 152 Å². The molecular weight excluding hydrogens is 332 g/mol. The molecule has 0 atom stereocenters. The average Bonchev–Trinajstić information content (AvgIpc) is 3.11. The van der Waals surface area contributed by atoms with Crippen molar-refractivity contribution in [2.45, 2.75) is 38.6 Å². The molecule has 1 aromatic heterocycles. The van der Waals surface area contributed by atoms with Crippen LogP contribution in [-0.4, -0.2) is 16.0 Å². The summed E-state index contributed by atoms with van der Waals surface area (Å²) >= 11 is 6.13. The summed E-state index contributed by atoms with van der Waals surface area (Å²) in [6.45, 7) is 2.04. The summed E-state index contributed by atoms with van der Waals surface area (Å²) < 4.78 is 0. The SMILES string of the molecule is Cc1ccc(Cl)cc1Nc1nc(NC2CCCC2)c2ccccc2n1. The third-order valence-electron chi connectivity index (χ3n) is 4.75. The number of aromatic nitrogens is 2. The Morgan fingerprint density at radius 3 is 2.68 bits per heavy atom. The molecule has 0 saturated heterocycles. The van der Waals surface area contributed by atoms with Gasteiger partial charge in [0, 0.05) is 22.1 Å². The summed E-state index contributed by atoms with van der Waals surface area (Å²) in [5.74, 6) is 1.49. The maximum absolute atomic E-state index is 6.13. The van der Waals surface area contributed by atoms with Gasteiger partial charge in [0.05, 0.1) is 5.52 Å². The second-order valence-electron chi connectivity index (χ2n) is 6.62. The molecule has 0 amide bonds. The third kappa shape index (κ3) is 3.54. The van der Waals surface area contributed by atoms with Crippen LogP contribution in [0.15, 0.2) is 42.5 Å². The Morgan fingerprint density at radius 1 is 1.04 bits per heavy atom. The van der Waals surface area contributed by atoms with Crippen molar-refractivity contribution in [1.82, 2.24) is 9.97 Å². The molecule has 4 rings (SSSR count). The van der Waals surface area contributed by atoms with E-state index < -0.39 is 0 Å². The van der Waals surface area contributed by atoms with Crippen LogP contribution in [0.3, 0.4) is 0 Å². The largest absolute Gasteiger partial charge is 0.367 e. The molecular formula is C20H21ClN4. The minimum Gasteiger partial charge on any atom is -0.367 e. The molecule has 1 heterocycles. The topological polar surface area (TPSA) is 49.8 Å². The smallest absolute Gasteiger partial charge is 0.229 e. The quantitative estimate of drug-likeness (QED) is 0.633. The molecule has 0 aliphatic heterocycles. The highest BCUT2D eigenvalue weighted by molar-refractivity contribution is 6.30. The van der Waals surface area contributed by atoms with E-state index in [1.165, 1.54) is 25.7 Å². The van der Waals surface area contributed by atoms with E-state index in [9.17, 15) is 0 Å². The Kier molecular flexibility index (Phi) is 4.45. The minimum atomic E-state index is 0.499. The lowest BCUT2D eigenvalue weighted by atomic mass is 10.2. The van der Waals surface area contributed by atoms with Gasteiger partial charge in [0.1, 0.15) is 5.82 Å². The van der Waals surface area contributed by atoms with Crippen molar-refractivity contribution < 1.29 is 0 Å². The number of hydrogen-bond donors (Lipinski definition) is 2. The van der Waals surface area contributed by atoms with E-state index in [1.54, 1.807) is 0 Å². The number of benzene rings is 2. The lowest BCUT2D eigenvalue weighted by molar-refractivity contribution is 0.752. The van der Waals surface area contributed by atoms with Crippen LogP contribution in [-0.2, 0) is 0 Å². The number of nitrogens with zero attached hydrogens (tertiary/aromatic N) is 2. The van der Waals surface area contributed by atoms with Crippen molar-refractivity contribution in [3.63, 3.8) is 0 Å². The van der Waals surface area contributed by atoms with E-state index >= 15 is 0 Å². The highest BCUT2D eigenvalue weighted by Crippen LogP contribution is 2.29. The number of nitrogens with one attached hydrogen (secondary N) is 2. The molecule has 0 bridgehead atoms. The summed E-state index contributed by atoms with van der Waals surface area (Å²) in [6, 6.07) is 14.4. The molecule has 1 fully saturated rings. The minimum absolute atomic E-state index is 0.499. The number of anilines is 3. The van der Waals surface area contributed by atoms with E-state index in [4.69, 9.17) is 16.6 Å². The first kappa shape index (κ1) is 16.2. The highest BCUT2D eigenvalue weighted by Gasteiger charge is 2.17. The normalized spacial score (nSPS) is 14.8. The van der Waals surface area contributed by atoms with E-state index in [2.05, 4.69) is 21.7 Å². The van der Waals surface area contributed by atoms with Gasteiger partial charge < -0.3 is 10.6 Å². The molecule has 4 nitrogen and oxygen atoms in total. The maximum atomic E-state index is 6.13. The molecule has 2 aromatic carbocycles. The van der Waals surface area contributed by atoms with Crippen molar-refractivity contribution in [3.05, 3.63) is 53.1 Å². The molecule has 25 heavy (non-hydrogen) atoms. The molecule has 0 unspecified atom stereocenters. The Bertz CT molecular complexity index is 903. The summed E-state index contributed by atoms with van der Waals surface area (Å²) in [6.07, 6.45) is 4.98. The number of hydrogen-bond acceptors (Lipinski definition) is 4. The number of halogens is 1. The first-order valence-corrected chi connectivity index (χ1v) is 9.13. The van der Waals surface area contributed by atoms with Crippen LogP contribution in [0, 0.1) is 6.92 Å². The second kappa shape index (κ2) is 6.89. The first-order chi connectivity index (χ1) is 12.2. The lowest BCUT2D eigenvalue weighted by Crippen LogP contribution is -2.16. The third-order valence-corrected chi connectivity index (χ3v) is 4.98. The van der Waals surface area contributed by atoms with E-state index in [0.717, 1.165) is 28.0 Å². The predicted molar refractivity (Wildman–Crippen MR) is 105 cm³/mol. The van der Waals surface area contributed by atoms with Crippen molar-refractivity contribution in [2.75, 3.05) is 10.6 Å². The van der Waals surface area contributed by atoms with Gasteiger partial charge in [-0.1, -0.05) is 42.6 Å². The standard InChI is InChI=1S/C20H21ClN4/c1-13-10-11-14(21)12-18(13)24-20-23-17-9-5-4-8-16(17)19(25-20)22-15-6-2-3-7-15/h4-5,8-12,15H,2-3,6-7H2,1H3,(H2,22,23,24,25). The molecule has 1 aliphatic rings. The molecule has 3 aromatic rings. The molecule has 1 aliphatic carbocycles. The summed E-state index contributed by atoms with van der Waals surface area (Å²) in [5, 5.41) is 8.69. The monoisotopic (exact) mass is 352 g/mol. The van der Waals surface area contributed by atoms with Gasteiger partial charge in [-0.25, -0.2) is 4.98 Å². The van der Waals surface area contributed by atoms with Crippen LogP contribution in [0.25, 0.3) is 10.9 Å². The summed E-state index contributed by atoms with van der Waals surface area (Å²) in [7, 11) is 0. The fourth-order valence-electron chi connectivity index (χ4n) is 3.36. The van der Waals surface area contributed by atoms with Gasteiger partial charge in [-0.15, -0.1) is 0 Å². The number of para-hydroxylation sites is 1. The fourth-order valence-corrected chi connectivity index (χ4v) is 3.53. The number of aryl methyl sites for hydroxylation is 1. The van der Waals surface area contributed by atoms with Crippen LogP contribution in [0.5, 0.6) is 0 Å². The van der Waals surface area contributed by atoms with E-state index in [0.29, 0.717) is 17.0 Å². The van der Waals surface area contributed by atoms with Crippen LogP contribution in [0.4, 0.5) is 17.5 Å². The van der Waals surface area contributed by atoms with Gasteiger partial charge >= 0.3 is 0 Å². The van der Waals surface area contributed by atoms with Crippen LogP contribution in [0.2, 0.25) is 5.02 Å². The molecule has 0 spiro atoms. The van der Waals surface area contributed by atoms with Gasteiger partial charge in [0.2, 0.25) is 5.95 Å². The zero-order valence-corrected chi connectivity index (χ0v) is 15.0. The van der Waals surface area contributed by atoms with Crippen molar-refractivity contribution in [3.8, 4) is 0 Å². The van der Waals surface area contributed by atoms with E-state index in [-0.39, 0.29) is 0 Å². The number of rotatable bonds is 4. The fraction of sp³-hybridized carbons (Fsp3) is 0.300. The number of fused-ring (bicyclic) bond motifs is 1. The Hall–Kier alpha value is -2.33. The molecule has 1 saturated carbocycles. The second-order valence-corrected chi connectivity index (χ2v) is 7.06. The predicted octanol–water partition coefficient (Wildman–Crippen LogP) is 5.69. The highest BCUT2D eigenvalue weighted by atomic mass is 35.5. The van der Waals surface area contributed by atoms with Gasteiger partial charge in [0.15, 0.2) is 0 Å². The average molecular weight is 353 g/mol. The summed E-state index contributed by atoms with van der Waals surface area (Å²) in [5.41, 5.74) is 2.96. The van der Waals surface area contributed by atoms with Gasteiger partial charge in [-0.05, 0) is 49.6 Å². The molecule has 2 N–H and O–H groups in total. The van der Waals surface area contributed by atoms with Crippen molar-refractivity contribution in [2.24, 2.45) is 0 Å². The lowest BCUT2D eigenvalue weighted by Gasteiger charge is -2.16. The Balaban J connectivity index is 1.72. The maximum Gasteiger partial charge on any atom is 0.229 e. The zero-order valence-electron chi connectivity index (χ0n) is 14.2. The first-order valence-electron chi connectivity index (χ1n) is 8.75. The Morgan fingerprint density at radius 2 is 1.84 bits per heavy atom. The molecule has 0 radical (unpaired) electrons.